The lowest BCUT2D eigenvalue weighted by atomic mass is 9.93. The van der Waals surface area contributed by atoms with E-state index in [-0.39, 0.29) is 11.6 Å². The Bertz CT molecular complexity index is 895. The predicted molar refractivity (Wildman–Crippen MR) is 91.5 cm³/mol. The van der Waals surface area contributed by atoms with E-state index in [0.29, 0.717) is 0 Å². The van der Waals surface area contributed by atoms with Crippen LogP contribution in [0.2, 0.25) is 0 Å². The second-order valence-electron chi connectivity index (χ2n) is 5.81. The standard InChI is InChI=1S/C18H17N5O/c24-18(16-11-19-9-10-20-16)23-22-17-12-5-1-3-7-14(12)21-15-8-4-2-6-13(15)17/h1,3,5,7,9-11H,2,4,6,8H2,(H,21,22)(H,23,24). The van der Waals surface area contributed by atoms with Gasteiger partial charge in [-0.1, -0.05) is 18.2 Å². The molecule has 0 spiro atoms. The molecule has 6 heteroatoms. The zero-order valence-corrected chi connectivity index (χ0v) is 13.1. The number of aryl methyl sites for hydroxylation is 1. The number of para-hydroxylation sites is 1. The molecule has 0 saturated carbocycles. The lowest BCUT2D eigenvalue weighted by Crippen LogP contribution is -2.31. The van der Waals surface area contributed by atoms with Gasteiger partial charge >= 0.3 is 0 Å². The highest BCUT2D eigenvalue weighted by Gasteiger charge is 2.18. The maximum Gasteiger partial charge on any atom is 0.289 e. The molecular weight excluding hydrogens is 302 g/mol. The Morgan fingerprint density at radius 1 is 1.08 bits per heavy atom. The quantitative estimate of drug-likeness (QED) is 0.726. The molecule has 24 heavy (non-hydrogen) atoms. The first-order valence-corrected chi connectivity index (χ1v) is 8.06. The van der Waals surface area contributed by atoms with Gasteiger partial charge in [0, 0.05) is 23.5 Å². The number of benzene rings is 1. The molecule has 4 rings (SSSR count). The molecule has 0 saturated heterocycles. The van der Waals surface area contributed by atoms with Crippen LogP contribution >= 0.6 is 0 Å². The van der Waals surface area contributed by atoms with Gasteiger partial charge < -0.3 is 0 Å². The highest BCUT2D eigenvalue weighted by atomic mass is 16.2. The highest BCUT2D eigenvalue weighted by Crippen LogP contribution is 2.32. The molecule has 2 N–H and O–H groups in total. The normalized spacial score (nSPS) is 13.3. The molecule has 0 fully saturated rings. The van der Waals surface area contributed by atoms with Gasteiger partial charge in [-0.15, -0.1) is 0 Å². The number of nitrogens with one attached hydrogen (secondary N) is 2. The molecule has 0 atom stereocenters. The molecule has 6 nitrogen and oxygen atoms in total. The van der Waals surface area contributed by atoms with E-state index >= 15 is 0 Å². The summed E-state index contributed by atoms with van der Waals surface area (Å²) >= 11 is 0. The van der Waals surface area contributed by atoms with Crippen LogP contribution < -0.4 is 10.9 Å². The van der Waals surface area contributed by atoms with Crippen molar-refractivity contribution in [1.29, 1.82) is 0 Å². The SMILES string of the molecule is O=C(NNc1c2c(nc3ccccc13)CCCC2)c1cnccn1. The summed E-state index contributed by atoms with van der Waals surface area (Å²) in [6.45, 7) is 0. The summed E-state index contributed by atoms with van der Waals surface area (Å²) in [5.41, 5.74) is 10.3. The third-order valence-corrected chi connectivity index (χ3v) is 4.27. The van der Waals surface area contributed by atoms with Gasteiger partial charge in [-0.3, -0.25) is 25.6 Å². The maximum atomic E-state index is 12.2. The van der Waals surface area contributed by atoms with Gasteiger partial charge in [-0.05, 0) is 37.3 Å². The summed E-state index contributed by atoms with van der Waals surface area (Å²) in [5, 5.41) is 1.01. The van der Waals surface area contributed by atoms with E-state index in [1.807, 2.05) is 24.3 Å². The van der Waals surface area contributed by atoms with E-state index in [1.165, 1.54) is 24.2 Å². The fourth-order valence-electron chi connectivity index (χ4n) is 3.11. The monoisotopic (exact) mass is 319 g/mol. The number of pyridine rings is 1. The van der Waals surface area contributed by atoms with Gasteiger partial charge in [0.2, 0.25) is 0 Å². The summed E-state index contributed by atoms with van der Waals surface area (Å²) in [6, 6.07) is 7.98. The minimum Gasteiger partial charge on any atom is -0.297 e. The van der Waals surface area contributed by atoms with Gasteiger partial charge in [-0.25, -0.2) is 4.98 Å². The number of anilines is 1. The number of aromatic nitrogens is 3. The van der Waals surface area contributed by atoms with Crippen molar-refractivity contribution in [2.75, 3.05) is 5.43 Å². The Balaban J connectivity index is 1.69. The first-order valence-electron chi connectivity index (χ1n) is 8.06. The lowest BCUT2D eigenvalue weighted by Gasteiger charge is -2.21. The third-order valence-electron chi connectivity index (χ3n) is 4.27. The van der Waals surface area contributed by atoms with Gasteiger partial charge in [0.05, 0.1) is 17.4 Å². The van der Waals surface area contributed by atoms with Crippen molar-refractivity contribution in [2.45, 2.75) is 25.7 Å². The van der Waals surface area contributed by atoms with E-state index in [4.69, 9.17) is 4.98 Å². The number of rotatable bonds is 3. The van der Waals surface area contributed by atoms with Crippen molar-refractivity contribution in [3.63, 3.8) is 0 Å². The fourth-order valence-corrected chi connectivity index (χ4v) is 3.11. The average molecular weight is 319 g/mol. The molecule has 2 heterocycles. The number of amides is 1. The van der Waals surface area contributed by atoms with Crippen molar-refractivity contribution in [3.05, 3.63) is 59.8 Å². The molecule has 120 valence electrons. The number of nitrogens with zero attached hydrogens (tertiary/aromatic N) is 3. The summed E-state index contributed by atoms with van der Waals surface area (Å²) in [7, 11) is 0. The zero-order valence-electron chi connectivity index (χ0n) is 13.1. The molecule has 3 aromatic rings. The van der Waals surface area contributed by atoms with Crippen molar-refractivity contribution in [1.82, 2.24) is 20.4 Å². The van der Waals surface area contributed by atoms with E-state index < -0.39 is 0 Å². The molecule has 2 aromatic heterocycles. The molecule has 1 aliphatic rings. The Labute approximate surface area is 139 Å². The average Bonchev–Trinajstić information content (AvgIpc) is 2.65. The third kappa shape index (κ3) is 2.67. The molecule has 1 amide bonds. The second-order valence-corrected chi connectivity index (χ2v) is 5.81. The zero-order chi connectivity index (χ0) is 16.4. The van der Waals surface area contributed by atoms with E-state index in [2.05, 4.69) is 20.8 Å². The largest absolute Gasteiger partial charge is 0.297 e. The van der Waals surface area contributed by atoms with Crippen molar-refractivity contribution in [2.24, 2.45) is 0 Å². The highest BCUT2D eigenvalue weighted by molar-refractivity contribution is 5.97. The Kier molecular flexibility index (Phi) is 3.78. The van der Waals surface area contributed by atoms with Crippen molar-refractivity contribution < 1.29 is 4.79 Å². The Morgan fingerprint density at radius 2 is 1.96 bits per heavy atom. The molecule has 1 aliphatic carbocycles. The minimum absolute atomic E-state index is 0.275. The van der Waals surface area contributed by atoms with Crippen LogP contribution in [0.15, 0.2) is 42.9 Å². The summed E-state index contributed by atoms with van der Waals surface area (Å²) in [4.78, 5) is 25.0. The number of carbonyl (C=O) groups excluding carboxylic acids is 1. The van der Waals surface area contributed by atoms with Crippen LogP contribution in [0, 0.1) is 0 Å². The number of hydrazine groups is 1. The van der Waals surface area contributed by atoms with Crippen LogP contribution in [0.25, 0.3) is 10.9 Å². The second kappa shape index (κ2) is 6.23. The molecule has 0 bridgehead atoms. The van der Waals surface area contributed by atoms with Crippen LogP contribution in [0.4, 0.5) is 5.69 Å². The van der Waals surface area contributed by atoms with Crippen LogP contribution in [0.5, 0.6) is 0 Å². The van der Waals surface area contributed by atoms with Crippen molar-refractivity contribution >= 4 is 22.5 Å². The van der Waals surface area contributed by atoms with Crippen molar-refractivity contribution in [3.8, 4) is 0 Å². The number of hydrogen-bond donors (Lipinski definition) is 2. The van der Waals surface area contributed by atoms with Crippen LogP contribution in [0.1, 0.15) is 34.6 Å². The van der Waals surface area contributed by atoms with Gasteiger partial charge in [-0.2, -0.15) is 0 Å². The van der Waals surface area contributed by atoms with Gasteiger partial charge in [0.1, 0.15) is 5.69 Å². The Morgan fingerprint density at radius 3 is 2.83 bits per heavy atom. The maximum absolute atomic E-state index is 12.2. The van der Waals surface area contributed by atoms with E-state index in [9.17, 15) is 4.79 Å². The summed E-state index contributed by atoms with van der Waals surface area (Å²) in [6.07, 6.45) is 8.72. The molecule has 1 aromatic carbocycles. The molecule has 0 radical (unpaired) electrons. The summed E-state index contributed by atoms with van der Waals surface area (Å²) in [5.74, 6) is -0.312. The van der Waals surface area contributed by atoms with Gasteiger partial charge in [0.25, 0.3) is 5.91 Å². The first-order chi connectivity index (χ1) is 11.8. The van der Waals surface area contributed by atoms with E-state index in [0.717, 1.165) is 48.0 Å². The lowest BCUT2D eigenvalue weighted by molar-refractivity contribution is 0.0957. The number of carbonyl (C=O) groups is 1. The molecule has 0 aliphatic heterocycles. The number of hydrogen-bond acceptors (Lipinski definition) is 5. The molecular formula is C18H17N5O. The van der Waals surface area contributed by atoms with E-state index in [1.54, 1.807) is 0 Å². The summed E-state index contributed by atoms with van der Waals surface area (Å²) < 4.78 is 0. The molecule has 0 unspecified atom stereocenters. The van der Waals surface area contributed by atoms with Gasteiger partial charge in [0.15, 0.2) is 0 Å². The van der Waals surface area contributed by atoms with Crippen LogP contribution in [0.3, 0.4) is 0 Å². The fraction of sp³-hybridized carbons (Fsp3) is 0.222. The predicted octanol–water partition coefficient (Wildman–Crippen LogP) is 2.66. The Hall–Kier alpha value is -3.02. The van der Waals surface area contributed by atoms with Crippen LogP contribution in [-0.2, 0) is 12.8 Å². The first kappa shape index (κ1) is 14.6. The van der Waals surface area contributed by atoms with Crippen LogP contribution in [-0.4, -0.2) is 20.9 Å². The number of fused-ring (bicyclic) bond motifs is 2. The minimum atomic E-state index is -0.312. The topological polar surface area (TPSA) is 79.8 Å². The smallest absolute Gasteiger partial charge is 0.289 e.